The van der Waals surface area contributed by atoms with Gasteiger partial charge in [-0.15, -0.1) is 11.8 Å². The Morgan fingerprint density at radius 3 is 2.59 bits per heavy atom. The van der Waals surface area contributed by atoms with Crippen LogP contribution in [0.25, 0.3) is 0 Å². The Kier molecular flexibility index (Phi) is 8.17. The molecule has 0 spiro atoms. The van der Waals surface area contributed by atoms with E-state index in [4.69, 9.17) is 14.6 Å². The quantitative estimate of drug-likeness (QED) is 0.289. The van der Waals surface area contributed by atoms with Crippen molar-refractivity contribution < 1.29 is 32.5 Å². The number of rotatable bonds is 11. The number of nitrogens with one attached hydrogen (secondary N) is 1. The predicted molar refractivity (Wildman–Crippen MR) is 151 cm³/mol. The number of unbranched alkanes of at least 4 members (excludes halogenated alkanes) is 1. The lowest BCUT2D eigenvalue weighted by Crippen LogP contribution is -2.73. The fourth-order valence-corrected chi connectivity index (χ4v) is 6.92. The van der Waals surface area contributed by atoms with E-state index >= 15 is 0 Å². The molecule has 2 bridgehead atoms. The molecule has 3 atom stereocenters. The standard InChI is InChI=1S/C30H34F3N3O4S/c1-4-5-15-35-27-36(23-11-9-22(10-12-23)29(31,32)33)34-30(35,40-27)28(13-7-6-8-14-28)19-41-25-17-20(2)24(16-21(25)3)39-18-26(37)38/h6-13,16-17,27,34H,4-5,14-15,18-19H2,1-3H3,(H,37,38). The van der Waals surface area contributed by atoms with Gasteiger partial charge in [-0.05, 0) is 74.2 Å². The maximum atomic E-state index is 13.2. The van der Waals surface area contributed by atoms with Gasteiger partial charge in [-0.1, -0.05) is 37.6 Å². The first kappa shape index (κ1) is 29.5. The summed E-state index contributed by atoms with van der Waals surface area (Å²) in [6.07, 6.45) is 6.14. The van der Waals surface area contributed by atoms with E-state index < -0.39 is 41.9 Å². The lowest BCUT2D eigenvalue weighted by atomic mass is 9.76. The number of ether oxygens (including phenoxy) is 2. The first-order chi connectivity index (χ1) is 19.5. The number of carbonyl (C=O) groups is 1. The summed E-state index contributed by atoms with van der Waals surface area (Å²) in [4.78, 5) is 14.3. The van der Waals surface area contributed by atoms with Crippen molar-refractivity contribution in [1.29, 1.82) is 0 Å². The van der Waals surface area contributed by atoms with Gasteiger partial charge in [-0.25, -0.2) is 9.69 Å². The first-order valence-electron chi connectivity index (χ1n) is 13.6. The number of thioether (sulfide) groups is 1. The van der Waals surface area contributed by atoms with Gasteiger partial charge in [-0.2, -0.15) is 18.6 Å². The minimum Gasteiger partial charge on any atom is -0.482 e. The molecule has 3 aliphatic heterocycles. The maximum Gasteiger partial charge on any atom is 0.416 e. The van der Waals surface area contributed by atoms with E-state index in [0.717, 1.165) is 47.5 Å². The van der Waals surface area contributed by atoms with Gasteiger partial charge in [0.25, 0.3) is 0 Å². The number of hydrogen-bond acceptors (Lipinski definition) is 7. The van der Waals surface area contributed by atoms with Crippen LogP contribution >= 0.6 is 11.8 Å². The number of nitrogens with zero attached hydrogens (tertiary/aromatic N) is 2. The van der Waals surface area contributed by atoms with Crippen LogP contribution in [0.5, 0.6) is 5.75 Å². The molecular weight excluding hydrogens is 555 g/mol. The molecule has 3 fully saturated rings. The fourth-order valence-electron chi connectivity index (χ4n) is 5.55. The second kappa shape index (κ2) is 11.4. The van der Waals surface area contributed by atoms with Crippen molar-refractivity contribution in [2.45, 2.75) is 63.3 Å². The number of anilines is 1. The zero-order valence-electron chi connectivity index (χ0n) is 23.2. The average Bonchev–Trinajstić information content (AvgIpc) is 3.50. The molecule has 11 heteroatoms. The molecule has 2 N–H and O–H groups in total. The average molecular weight is 590 g/mol. The second-order valence-electron chi connectivity index (χ2n) is 10.7. The Bertz CT molecular complexity index is 1350. The fraction of sp³-hybridized carbons (Fsp3) is 0.433. The van der Waals surface area contributed by atoms with Gasteiger partial charge in [0.15, 0.2) is 6.61 Å². The number of alkyl halides is 3. The van der Waals surface area contributed by atoms with E-state index in [1.807, 2.05) is 43.1 Å². The molecule has 0 radical (unpaired) electrons. The molecule has 4 aliphatic rings. The van der Waals surface area contributed by atoms with E-state index in [-0.39, 0.29) is 0 Å². The molecule has 6 rings (SSSR count). The number of hydrogen-bond donors (Lipinski definition) is 2. The molecule has 2 aromatic rings. The van der Waals surface area contributed by atoms with Crippen molar-refractivity contribution in [3.05, 3.63) is 77.4 Å². The number of aliphatic carboxylic acids is 1. The highest BCUT2D eigenvalue weighted by Gasteiger charge is 2.71. The summed E-state index contributed by atoms with van der Waals surface area (Å²) < 4.78 is 51.7. The third-order valence-corrected chi connectivity index (χ3v) is 9.20. The summed E-state index contributed by atoms with van der Waals surface area (Å²) >= 11 is 1.69. The smallest absolute Gasteiger partial charge is 0.416 e. The van der Waals surface area contributed by atoms with Crippen molar-refractivity contribution >= 4 is 23.4 Å². The van der Waals surface area contributed by atoms with Crippen LogP contribution < -0.4 is 15.2 Å². The zero-order valence-corrected chi connectivity index (χ0v) is 24.0. The minimum atomic E-state index is -4.40. The molecule has 3 unspecified atom stereocenters. The van der Waals surface area contributed by atoms with Gasteiger partial charge in [0.1, 0.15) is 5.75 Å². The number of allylic oxidation sites excluding steroid dienone is 3. The Hall–Kier alpha value is -2.99. The number of carboxylic acids is 1. The van der Waals surface area contributed by atoms with Gasteiger partial charge < -0.3 is 14.6 Å². The lowest BCUT2D eigenvalue weighted by molar-refractivity contribution is -0.351. The van der Waals surface area contributed by atoms with Crippen LogP contribution in [0.2, 0.25) is 0 Å². The van der Waals surface area contributed by atoms with E-state index in [2.05, 4.69) is 29.4 Å². The molecule has 41 heavy (non-hydrogen) atoms. The van der Waals surface area contributed by atoms with E-state index in [1.165, 1.54) is 12.1 Å². The van der Waals surface area contributed by atoms with Crippen LogP contribution in [0.1, 0.15) is 42.9 Å². The van der Waals surface area contributed by atoms with Crippen molar-refractivity contribution in [3.8, 4) is 5.75 Å². The van der Waals surface area contributed by atoms with Crippen molar-refractivity contribution in [2.24, 2.45) is 5.41 Å². The highest BCUT2D eigenvalue weighted by molar-refractivity contribution is 7.99. The molecule has 0 saturated carbocycles. The number of benzene rings is 2. The van der Waals surface area contributed by atoms with Crippen LogP contribution in [0.4, 0.5) is 18.9 Å². The number of aryl methyl sites for hydroxylation is 2. The molecule has 220 valence electrons. The number of halogens is 3. The lowest BCUT2D eigenvalue weighted by Gasteiger charge is -2.56. The first-order valence-corrected chi connectivity index (χ1v) is 14.6. The van der Waals surface area contributed by atoms with Crippen LogP contribution in [-0.4, -0.2) is 47.1 Å². The summed E-state index contributed by atoms with van der Waals surface area (Å²) in [5, 5.41) is 10.8. The van der Waals surface area contributed by atoms with Crippen LogP contribution in [0, 0.1) is 19.3 Å². The van der Waals surface area contributed by atoms with Crippen molar-refractivity contribution in [2.75, 3.05) is 23.9 Å². The van der Waals surface area contributed by atoms with Crippen LogP contribution in [0.15, 0.2) is 65.6 Å². The molecular formula is C30H34F3N3O4S. The minimum absolute atomic E-state index is 0.400. The van der Waals surface area contributed by atoms with Crippen LogP contribution in [-0.2, 0) is 15.7 Å². The SMILES string of the molecule is CCCCN1C2OC1(C1(CSc3cc(C)c(OCC(=O)O)cc3C)C=CC=CC1)NN2c1ccc(C(F)(F)F)cc1. The van der Waals surface area contributed by atoms with E-state index in [0.29, 0.717) is 23.6 Å². The maximum absolute atomic E-state index is 13.2. The van der Waals surface area contributed by atoms with Gasteiger partial charge in [0.05, 0.1) is 16.7 Å². The zero-order chi connectivity index (χ0) is 29.4. The number of hydrazine groups is 1. The van der Waals surface area contributed by atoms with E-state index in [9.17, 15) is 18.0 Å². The summed E-state index contributed by atoms with van der Waals surface area (Å²) in [5.74, 6) is -0.701. The monoisotopic (exact) mass is 589 g/mol. The van der Waals surface area contributed by atoms with Crippen LogP contribution in [0.3, 0.4) is 0 Å². The summed E-state index contributed by atoms with van der Waals surface area (Å²) in [6.45, 7) is 6.36. The molecule has 7 nitrogen and oxygen atoms in total. The van der Waals surface area contributed by atoms with Gasteiger partial charge >= 0.3 is 12.1 Å². The number of fused-ring (bicyclic) bond motifs is 1. The molecule has 3 saturated heterocycles. The van der Waals surface area contributed by atoms with E-state index in [1.54, 1.807) is 11.8 Å². The molecule has 1 aliphatic carbocycles. The molecule has 0 amide bonds. The topological polar surface area (TPSA) is 74.3 Å². The highest BCUT2D eigenvalue weighted by atomic mass is 32.2. The van der Waals surface area contributed by atoms with Crippen molar-refractivity contribution in [3.63, 3.8) is 0 Å². The number of carboxylic acid groups (broad SMARTS) is 1. The third kappa shape index (κ3) is 5.48. The molecule has 3 heterocycles. The Morgan fingerprint density at radius 2 is 1.95 bits per heavy atom. The van der Waals surface area contributed by atoms with Crippen molar-refractivity contribution in [1.82, 2.24) is 10.3 Å². The molecule has 0 aromatic heterocycles. The second-order valence-corrected chi connectivity index (χ2v) is 11.7. The predicted octanol–water partition coefficient (Wildman–Crippen LogP) is 6.47. The van der Waals surface area contributed by atoms with Gasteiger partial charge in [0.2, 0.25) is 12.2 Å². The van der Waals surface area contributed by atoms with Gasteiger partial charge in [0, 0.05) is 17.2 Å². The summed E-state index contributed by atoms with van der Waals surface area (Å²) in [7, 11) is 0. The Morgan fingerprint density at radius 1 is 1.20 bits per heavy atom. The third-order valence-electron chi connectivity index (χ3n) is 7.79. The summed E-state index contributed by atoms with van der Waals surface area (Å²) in [6, 6.07) is 9.03. The Balaban J connectivity index is 1.42. The van der Waals surface area contributed by atoms with Gasteiger partial charge in [-0.3, -0.25) is 5.01 Å². The largest absolute Gasteiger partial charge is 0.482 e. The summed E-state index contributed by atoms with van der Waals surface area (Å²) in [5.41, 5.74) is 4.81. The highest BCUT2D eigenvalue weighted by Crippen LogP contribution is 2.56. The normalized spacial score (nSPS) is 25.4. The molecule has 2 aromatic carbocycles. The Labute approximate surface area is 242 Å².